The van der Waals surface area contributed by atoms with Crippen LogP contribution in [-0.4, -0.2) is 21.7 Å². The molecular weight excluding hydrogens is 318 g/mol. The zero-order chi connectivity index (χ0) is 14.6. The zero-order valence-corrected chi connectivity index (χ0v) is 13.2. The minimum Gasteiger partial charge on any atom is -0.394 e. The lowest BCUT2D eigenvalue weighted by molar-refractivity contribution is 0.223. The molecule has 5 heteroatoms. The quantitative estimate of drug-likeness (QED) is 0.824. The van der Waals surface area contributed by atoms with Crippen molar-refractivity contribution in [2.24, 2.45) is 0 Å². The zero-order valence-electron chi connectivity index (χ0n) is 11.6. The van der Waals surface area contributed by atoms with Gasteiger partial charge in [0, 0.05) is 12.5 Å². The highest BCUT2D eigenvalue weighted by Crippen LogP contribution is 2.25. The Morgan fingerprint density at radius 2 is 1.95 bits per heavy atom. The monoisotopic (exact) mass is 335 g/mol. The van der Waals surface area contributed by atoms with E-state index in [4.69, 9.17) is 0 Å². The van der Waals surface area contributed by atoms with E-state index >= 15 is 0 Å². The summed E-state index contributed by atoms with van der Waals surface area (Å²) in [5.74, 6) is 1.46. The normalized spacial score (nSPS) is 13.8. The number of aliphatic hydroxyl groups excluding tert-OH is 1. The topological polar surface area (TPSA) is 58.0 Å². The second kappa shape index (κ2) is 6.33. The van der Waals surface area contributed by atoms with Crippen LogP contribution in [0.1, 0.15) is 25.2 Å². The highest BCUT2D eigenvalue weighted by Gasteiger charge is 2.26. The lowest BCUT2D eigenvalue weighted by Crippen LogP contribution is -2.36. The van der Waals surface area contributed by atoms with E-state index in [2.05, 4.69) is 31.2 Å². The van der Waals surface area contributed by atoms with Gasteiger partial charge in [0.05, 0.1) is 12.1 Å². The van der Waals surface area contributed by atoms with Crippen LogP contribution < -0.4 is 5.32 Å². The Bertz CT molecular complexity index is 577. The summed E-state index contributed by atoms with van der Waals surface area (Å²) in [4.78, 5) is 8.73. The summed E-state index contributed by atoms with van der Waals surface area (Å²) in [5.41, 5.74) is 0.426. The van der Waals surface area contributed by atoms with Crippen molar-refractivity contribution in [3.63, 3.8) is 0 Å². The second-order valence-electron chi connectivity index (χ2n) is 4.83. The average Bonchev–Trinajstić information content (AvgIpc) is 2.47. The summed E-state index contributed by atoms with van der Waals surface area (Å²) < 4.78 is 0.736. The second-order valence-corrected chi connectivity index (χ2v) is 5.64. The summed E-state index contributed by atoms with van der Waals surface area (Å²) in [6.45, 7) is 3.93. The van der Waals surface area contributed by atoms with E-state index in [0.29, 0.717) is 5.82 Å². The minimum atomic E-state index is -0.583. The molecule has 0 amide bonds. The molecule has 1 atom stereocenters. The summed E-state index contributed by atoms with van der Waals surface area (Å²) >= 11 is 3.39. The van der Waals surface area contributed by atoms with E-state index in [-0.39, 0.29) is 6.61 Å². The molecule has 0 bridgehead atoms. The molecule has 0 radical (unpaired) electrons. The largest absolute Gasteiger partial charge is 0.394 e. The number of aryl methyl sites for hydroxylation is 1. The van der Waals surface area contributed by atoms with Crippen molar-refractivity contribution in [2.45, 2.75) is 25.8 Å². The molecule has 106 valence electrons. The molecule has 1 aromatic carbocycles. The number of halogens is 1. The van der Waals surface area contributed by atoms with E-state index in [1.807, 2.05) is 50.2 Å². The highest BCUT2D eigenvalue weighted by atomic mass is 79.9. The highest BCUT2D eigenvalue weighted by molar-refractivity contribution is 9.10. The lowest BCUT2D eigenvalue weighted by atomic mass is 9.93. The van der Waals surface area contributed by atoms with Gasteiger partial charge >= 0.3 is 0 Å². The van der Waals surface area contributed by atoms with Crippen molar-refractivity contribution in [1.29, 1.82) is 0 Å². The molecule has 2 N–H and O–H groups in total. The van der Waals surface area contributed by atoms with Gasteiger partial charge in [0.25, 0.3) is 0 Å². The predicted molar refractivity (Wildman–Crippen MR) is 83.6 cm³/mol. The molecule has 0 aliphatic carbocycles. The number of benzene rings is 1. The van der Waals surface area contributed by atoms with Crippen LogP contribution in [-0.2, 0) is 12.0 Å². The van der Waals surface area contributed by atoms with Gasteiger partial charge in [-0.3, -0.25) is 0 Å². The molecule has 1 aromatic heterocycles. The molecule has 0 spiro atoms. The number of nitrogens with one attached hydrogen (secondary N) is 1. The third-order valence-corrected chi connectivity index (χ3v) is 3.59. The Hall–Kier alpha value is -1.46. The van der Waals surface area contributed by atoms with Crippen LogP contribution in [0, 0.1) is 0 Å². The number of rotatable bonds is 5. The van der Waals surface area contributed by atoms with E-state index in [1.54, 1.807) is 0 Å². The van der Waals surface area contributed by atoms with Crippen molar-refractivity contribution in [2.75, 3.05) is 11.9 Å². The van der Waals surface area contributed by atoms with Crippen molar-refractivity contribution >= 4 is 21.7 Å². The fraction of sp³-hybridized carbons (Fsp3) is 0.333. The van der Waals surface area contributed by atoms with Crippen molar-refractivity contribution in [3.05, 3.63) is 52.4 Å². The SMILES string of the molecule is CCc1nc(Br)cc(NC(C)(CO)c2ccccc2)n1. The van der Waals surface area contributed by atoms with Crippen LogP contribution in [0.5, 0.6) is 0 Å². The van der Waals surface area contributed by atoms with Gasteiger partial charge in [0.15, 0.2) is 0 Å². The Morgan fingerprint density at radius 3 is 2.55 bits per heavy atom. The molecule has 0 saturated carbocycles. The van der Waals surface area contributed by atoms with Crippen molar-refractivity contribution in [3.8, 4) is 0 Å². The molecule has 20 heavy (non-hydrogen) atoms. The van der Waals surface area contributed by atoms with Crippen molar-refractivity contribution < 1.29 is 5.11 Å². The van der Waals surface area contributed by atoms with Crippen LogP contribution in [0.25, 0.3) is 0 Å². The summed E-state index contributed by atoms with van der Waals surface area (Å²) in [6, 6.07) is 11.7. The summed E-state index contributed by atoms with van der Waals surface area (Å²) in [6.07, 6.45) is 0.759. The molecule has 2 rings (SSSR count). The number of aliphatic hydroxyl groups is 1. The minimum absolute atomic E-state index is 0.0277. The van der Waals surface area contributed by atoms with Gasteiger partial charge in [-0.25, -0.2) is 9.97 Å². The molecule has 2 aromatic rings. The first-order chi connectivity index (χ1) is 9.57. The number of hydrogen-bond acceptors (Lipinski definition) is 4. The maximum atomic E-state index is 9.78. The Morgan fingerprint density at radius 1 is 1.25 bits per heavy atom. The average molecular weight is 336 g/mol. The van der Waals surface area contributed by atoms with E-state index in [1.165, 1.54) is 0 Å². The molecule has 0 aliphatic rings. The van der Waals surface area contributed by atoms with Gasteiger partial charge in [-0.2, -0.15) is 0 Å². The van der Waals surface area contributed by atoms with Crippen molar-refractivity contribution in [1.82, 2.24) is 9.97 Å². The first-order valence-corrected chi connectivity index (χ1v) is 7.34. The number of nitrogens with zero attached hydrogens (tertiary/aromatic N) is 2. The first kappa shape index (κ1) is 14.9. The molecule has 0 aliphatic heterocycles. The van der Waals surface area contributed by atoms with E-state index in [9.17, 15) is 5.11 Å². The molecule has 0 fully saturated rings. The van der Waals surface area contributed by atoms with Crippen LogP contribution in [0.15, 0.2) is 41.0 Å². The maximum Gasteiger partial charge on any atom is 0.131 e. The third-order valence-electron chi connectivity index (χ3n) is 3.19. The first-order valence-electron chi connectivity index (χ1n) is 6.55. The van der Waals surface area contributed by atoms with Crippen LogP contribution in [0.2, 0.25) is 0 Å². The van der Waals surface area contributed by atoms with E-state index in [0.717, 1.165) is 22.4 Å². The Balaban J connectivity index is 2.33. The van der Waals surface area contributed by atoms with E-state index < -0.39 is 5.54 Å². The van der Waals surface area contributed by atoms with Gasteiger partial charge in [0.2, 0.25) is 0 Å². The lowest BCUT2D eigenvalue weighted by Gasteiger charge is -2.30. The Labute approximate surface area is 127 Å². The summed E-state index contributed by atoms with van der Waals surface area (Å²) in [7, 11) is 0. The van der Waals surface area contributed by atoms with Crippen LogP contribution in [0.3, 0.4) is 0 Å². The van der Waals surface area contributed by atoms with Gasteiger partial charge in [0.1, 0.15) is 16.2 Å². The maximum absolute atomic E-state index is 9.78. The molecular formula is C15H18BrN3O. The molecule has 4 nitrogen and oxygen atoms in total. The predicted octanol–water partition coefficient (Wildman–Crippen LogP) is 3.12. The number of aromatic nitrogens is 2. The molecule has 1 heterocycles. The third kappa shape index (κ3) is 3.35. The summed E-state index contributed by atoms with van der Waals surface area (Å²) in [5, 5.41) is 13.1. The standard InChI is InChI=1S/C15H18BrN3O/c1-3-13-17-12(16)9-14(18-13)19-15(2,10-20)11-7-5-4-6-8-11/h4-9,20H,3,10H2,1-2H3,(H,17,18,19). The molecule has 0 saturated heterocycles. The fourth-order valence-corrected chi connectivity index (χ4v) is 2.40. The van der Waals surface area contributed by atoms with Gasteiger partial charge in [-0.1, -0.05) is 37.3 Å². The number of anilines is 1. The van der Waals surface area contributed by atoms with Gasteiger partial charge in [-0.15, -0.1) is 0 Å². The van der Waals surface area contributed by atoms with Gasteiger partial charge in [-0.05, 0) is 28.4 Å². The molecule has 1 unspecified atom stereocenters. The van der Waals surface area contributed by atoms with Crippen LogP contribution in [0.4, 0.5) is 5.82 Å². The fourth-order valence-electron chi connectivity index (χ4n) is 1.98. The Kier molecular flexibility index (Phi) is 4.73. The smallest absolute Gasteiger partial charge is 0.131 e. The number of hydrogen-bond donors (Lipinski definition) is 2. The van der Waals surface area contributed by atoms with Gasteiger partial charge < -0.3 is 10.4 Å². The van der Waals surface area contributed by atoms with Crippen LogP contribution >= 0.6 is 15.9 Å².